The number of thiazole rings is 1. The van der Waals surface area contributed by atoms with E-state index >= 15 is 0 Å². The summed E-state index contributed by atoms with van der Waals surface area (Å²) in [4.78, 5) is 30.4. The lowest BCUT2D eigenvalue weighted by molar-refractivity contribution is -0.139. The van der Waals surface area contributed by atoms with Gasteiger partial charge < -0.3 is 15.2 Å². The molecule has 0 saturated heterocycles. The number of aliphatic carboxylic acids is 1. The Balaban J connectivity index is 1.51. The maximum atomic E-state index is 13.3. The highest BCUT2D eigenvalue weighted by atomic mass is 35.5. The highest BCUT2D eigenvalue weighted by Gasteiger charge is 2.23. The first-order valence-electron chi connectivity index (χ1n) is 12.4. The molecule has 39 heavy (non-hydrogen) atoms. The van der Waals surface area contributed by atoms with Crippen molar-refractivity contribution < 1.29 is 19.4 Å². The van der Waals surface area contributed by atoms with Gasteiger partial charge in [-0.2, -0.15) is 11.8 Å². The van der Waals surface area contributed by atoms with E-state index in [0.717, 1.165) is 37.7 Å². The first-order chi connectivity index (χ1) is 18.9. The van der Waals surface area contributed by atoms with Crippen molar-refractivity contribution in [2.45, 2.75) is 32.6 Å². The first-order valence-corrected chi connectivity index (χ1v) is 14.9. The maximum Gasteiger partial charge on any atom is 0.326 e. The molecule has 0 bridgehead atoms. The zero-order valence-corrected chi connectivity index (χ0v) is 24.0. The third-order valence-corrected chi connectivity index (χ3v) is 8.13. The summed E-state index contributed by atoms with van der Waals surface area (Å²) in [6.07, 6.45) is 4.06. The Hall–Kier alpha value is -3.17. The minimum Gasteiger partial charge on any atom is -0.480 e. The zero-order chi connectivity index (χ0) is 27.8. The van der Waals surface area contributed by atoms with Crippen LogP contribution in [0.15, 0.2) is 72.9 Å². The van der Waals surface area contributed by atoms with Crippen molar-refractivity contribution in [2.24, 2.45) is 0 Å². The largest absolute Gasteiger partial charge is 0.480 e. The molecule has 0 aliphatic rings. The van der Waals surface area contributed by atoms with Gasteiger partial charge in [0.25, 0.3) is 5.91 Å². The molecular weight excluding hydrogens is 552 g/mol. The number of rotatable bonds is 12. The lowest BCUT2D eigenvalue weighted by Crippen LogP contribution is -2.41. The van der Waals surface area contributed by atoms with E-state index in [4.69, 9.17) is 16.3 Å². The molecule has 1 atom stereocenters. The number of hydrogen-bond donors (Lipinski definition) is 2. The molecular formula is C30H29ClN2O4S2. The topological polar surface area (TPSA) is 88.5 Å². The Morgan fingerprint density at radius 2 is 1.79 bits per heavy atom. The minimum absolute atomic E-state index is 0.339. The number of hydrogen-bond acceptors (Lipinski definition) is 6. The van der Waals surface area contributed by atoms with Gasteiger partial charge in [-0.25, -0.2) is 9.78 Å². The molecule has 4 aromatic rings. The Morgan fingerprint density at radius 3 is 2.51 bits per heavy atom. The summed E-state index contributed by atoms with van der Waals surface area (Å²) in [6, 6.07) is 20.0. The normalized spacial score (nSPS) is 11.8. The van der Waals surface area contributed by atoms with E-state index in [1.54, 1.807) is 24.0 Å². The number of amides is 1. The smallest absolute Gasteiger partial charge is 0.326 e. The number of nitrogens with one attached hydrogen (secondary N) is 1. The van der Waals surface area contributed by atoms with Crippen LogP contribution in [-0.4, -0.2) is 40.0 Å². The summed E-state index contributed by atoms with van der Waals surface area (Å²) in [5, 5.41) is 13.8. The molecule has 0 spiro atoms. The Bertz CT molecular complexity index is 1460. The average molecular weight is 581 g/mol. The van der Waals surface area contributed by atoms with Gasteiger partial charge in [0.2, 0.25) is 0 Å². The summed E-state index contributed by atoms with van der Waals surface area (Å²) in [6.45, 7) is 2.71. The van der Waals surface area contributed by atoms with Gasteiger partial charge >= 0.3 is 5.97 Å². The van der Waals surface area contributed by atoms with E-state index in [9.17, 15) is 14.7 Å². The number of nitrogens with zero attached hydrogens (tertiary/aromatic N) is 1. The van der Waals surface area contributed by atoms with E-state index < -0.39 is 17.9 Å². The highest BCUT2D eigenvalue weighted by molar-refractivity contribution is 7.98. The molecule has 1 aromatic heterocycles. The number of ether oxygens (including phenoxy) is 1. The van der Waals surface area contributed by atoms with Gasteiger partial charge in [-0.15, -0.1) is 11.3 Å². The summed E-state index contributed by atoms with van der Waals surface area (Å²) in [5.41, 5.74) is 4.88. The van der Waals surface area contributed by atoms with E-state index in [-0.39, 0.29) is 0 Å². The number of carboxylic acid groups (broad SMARTS) is 1. The van der Waals surface area contributed by atoms with E-state index in [0.29, 0.717) is 36.0 Å². The standard InChI is InChI=1S/C30H29ClN2O4S2/c1-19-7-3-4-8-22(19)25-15-20(11-12-23(25)28(34)33-27(30(35)36)13-14-38-2)17-37-18-21-16-32-29(39-21)24-9-5-6-10-26(24)31/h3-12,15-16,27H,13-14,17-18H2,1-2H3,(H,33,34)(H,35,36)/t27-/m0/s1. The van der Waals surface area contributed by atoms with Gasteiger partial charge in [-0.3, -0.25) is 4.79 Å². The van der Waals surface area contributed by atoms with Crippen molar-refractivity contribution in [1.82, 2.24) is 10.3 Å². The van der Waals surface area contributed by atoms with Crippen LogP contribution in [0.4, 0.5) is 0 Å². The predicted molar refractivity (Wildman–Crippen MR) is 160 cm³/mol. The summed E-state index contributed by atoms with van der Waals surface area (Å²) < 4.78 is 6.00. The average Bonchev–Trinajstić information content (AvgIpc) is 3.40. The fourth-order valence-electron chi connectivity index (χ4n) is 4.11. The van der Waals surface area contributed by atoms with E-state index in [1.165, 1.54) is 11.3 Å². The van der Waals surface area contributed by atoms with Gasteiger partial charge in [0.1, 0.15) is 11.0 Å². The quantitative estimate of drug-likeness (QED) is 0.186. The monoisotopic (exact) mass is 580 g/mol. The fraction of sp³-hybridized carbons (Fsp3) is 0.233. The first kappa shape index (κ1) is 28.8. The molecule has 0 aliphatic heterocycles. The Labute approximate surface area is 241 Å². The molecule has 1 amide bonds. The molecule has 202 valence electrons. The number of aromatic nitrogens is 1. The molecule has 4 rings (SSSR count). The van der Waals surface area contributed by atoms with Crippen LogP contribution in [0.1, 0.15) is 32.8 Å². The maximum absolute atomic E-state index is 13.3. The lowest BCUT2D eigenvalue weighted by atomic mass is 9.93. The predicted octanol–water partition coefficient (Wildman–Crippen LogP) is 7.09. The van der Waals surface area contributed by atoms with Gasteiger partial charge in [0.15, 0.2) is 0 Å². The van der Waals surface area contributed by atoms with E-state index in [1.807, 2.05) is 73.8 Å². The molecule has 0 fully saturated rings. The second-order valence-corrected chi connectivity index (χ2v) is 11.5. The van der Waals surface area contributed by atoms with Crippen LogP contribution in [0.5, 0.6) is 0 Å². The molecule has 3 aromatic carbocycles. The van der Waals surface area contributed by atoms with Crippen LogP contribution >= 0.6 is 34.7 Å². The summed E-state index contributed by atoms with van der Waals surface area (Å²) >= 11 is 9.38. The van der Waals surface area contributed by atoms with Crippen molar-refractivity contribution >= 4 is 46.6 Å². The van der Waals surface area contributed by atoms with Gasteiger partial charge in [-0.1, -0.05) is 60.1 Å². The van der Waals surface area contributed by atoms with Crippen LogP contribution in [0.25, 0.3) is 21.7 Å². The molecule has 6 nitrogen and oxygen atoms in total. The molecule has 0 radical (unpaired) electrons. The fourth-order valence-corrected chi connectivity index (χ4v) is 5.75. The van der Waals surface area contributed by atoms with Crippen molar-refractivity contribution in [1.29, 1.82) is 0 Å². The second kappa shape index (κ2) is 13.8. The minimum atomic E-state index is -1.04. The summed E-state index contributed by atoms with van der Waals surface area (Å²) in [7, 11) is 0. The highest BCUT2D eigenvalue weighted by Crippen LogP contribution is 2.32. The SMILES string of the molecule is CSCC[C@H](NC(=O)c1ccc(COCc2cnc(-c3ccccc3Cl)s2)cc1-c1ccccc1C)C(=O)O. The number of carboxylic acids is 1. The van der Waals surface area contributed by atoms with Gasteiger partial charge in [-0.05, 0) is 65.8 Å². The van der Waals surface area contributed by atoms with Crippen molar-refractivity contribution in [2.75, 3.05) is 12.0 Å². The van der Waals surface area contributed by atoms with Crippen molar-refractivity contribution in [3.8, 4) is 21.7 Å². The van der Waals surface area contributed by atoms with Gasteiger partial charge in [0.05, 0.1) is 23.1 Å². The van der Waals surface area contributed by atoms with Crippen molar-refractivity contribution in [3.05, 3.63) is 99.5 Å². The second-order valence-electron chi connectivity index (χ2n) is 8.94. The van der Waals surface area contributed by atoms with Crippen LogP contribution in [0, 0.1) is 6.92 Å². The molecule has 2 N–H and O–H groups in total. The molecule has 0 unspecified atom stereocenters. The molecule has 0 saturated carbocycles. The number of aryl methyl sites for hydroxylation is 1. The molecule has 0 aliphatic carbocycles. The number of thioether (sulfide) groups is 1. The van der Waals surface area contributed by atoms with Crippen LogP contribution in [0.3, 0.4) is 0 Å². The molecule has 9 heteroatoms. The van der Waals surface area contributed by atoms with Crippen molar-refractivity contribution in [3.63, 3.8) is 0 Å². The zero-order valence-electron chi connectivity index (χ0n) is 21.6. The number of halogens is 1. The van der Waals surface area contributed by atoms with Crippen LogP contribution < -0.4 is 5.32 Å². The summed E-state index contributed by atoms with van der Waals surface area (Å²) in [5.74, 6) is -0.815. The Kier molecular flexibility index (Phi) is 10.2. The number of carbonyl (C=O) groups is 2. The Morgan fingerprint density at radius 1 is 1.05 bits per heavy atom. The number of benzene rings is 3. The van der Waals surface area contributed by atoms with Crippen LogP contribution in [0.2, 0.25) is 5.02 Å². The van der Waals surface area contributed by atoms with E-state index in [2.05, 4.69) is 10.3 Å². The van der Waals surface area contributed by atoms with Gasteiger partial charge in [0, 0.05) is 17.3 Å². The third kappa shape index (κ3) is 7.48. The van der Waals surface area contributed by atoms with Crippen LogP contribution in [-0.2, 0) is 22.7 Å². The lowest BCUT2D eigenvalue weighted by Gasteiger charge is -2.17. The molecule has 1 heterocycles. The number of carbonyl (C=O) groups excluding carboxylic acids is 1. The third-order valence-electron chi connectivity index (χ3n) is 6.15.